The van der Waals surface area contributed by atoms with Crippen LogP contribution in [0.1, 0.15) is 22.4 Å². The Labute approximate surface area is 143 Å². The van der Waals surface area contributed by atoms with E-state index in [4.69, 9.17) is 4.74 Å². The van der Waals surface area contributed by atoms with Gasteiger partial charge in [-0.25, -0.2) is 15.0 Å². The molecule has 1 N–H and O–H groups in total. The van der Waals surface area contributed by atoms with Crippen LogP contribution in [0.15, 0.2) is 42.0 Å². The second-order valence-electron chi connectivity index (χ2n) is 4.93. The lowest BCUT2D eigenvalue weighted by molar-refractivity contribution is 0.102. The zero-order valence-corrected chi connectivity index (χ0v) is 14.1. The Morgan fingerprint density at radius 1 is 1.29 bits per heavy atom. The first-order valence-corrected chi connectivity index (χ1v) is 8.33. The van der Waals surface area contributed by atoms with Crippen LogP contribution in [-0.4, -0.2) is 27.5 Å². The monoisotopic (exact) mass is 340 g/mol. The molecule has 0 aliphatic heterocycles. The number of amides is 1. The van der Waals surface area contributed by atoms with E-state index < -0.39 is 0 Å². The maximum absolute atomic E-state index is 12.5. The summed E-state index contributed by atoms with van der Waals surface area (Å²) in [5, 5.41) is 5.83. The average molecular weight is 340 g/mol. The van der Waals surface area contributed by atoms with E-state index in [-0.39, 0.29) is 11.6 Å². The Hall–Kier alpha value is -2.80. The summed E-state index contributed by atoms with van der Waals surface area (Å²) in [7, 11) is 0. The molecule has 2 aromatic heterocycles. The molecule has 0 atom stereocenters. The predicted molar refractivity (Wildman–Crippen MR) is 93.4 cm³/mol. The van der Waals surface area contributed by atoms with Crippen molar-refractivity contribution in [3.8, 4) is 17.1 Å². The number of aryl methyl sites for hydroxylation is 1. The van der Waals surface area contributed by atoms with E-state index in [0.29, 0.717) is 18.2 Å². The maximum Gasteiger partial charge on any atom is 0.274 e. The van der Waals surface area contributed by atoms with E-state index in [1.54, 1.807) is 11.3 Å². The number of para-hydroxylation sites is 1. The van der Waals surface area contributed by atoms with Crippen LogP contribution in [0, 0.1) is 6.92 Å². The van der Waals surface area contributed by atoms with Gasteiger partial charge in [-0.2, -0.15) is 0 Å². The van der Waals surface area contributed by atoms with Crippen LogP contribution in [0.25, 0.3) is 11.3 Å². The molecule has 0 bridgehead atoms. The fourth-order valence-electron chi connectivity index (χ4n) is 2.18. The number of benzene rings is 1. The van der Waals surface area contributed by atoms with Crippen LogP contribution in [0.4, 0.5) is 5.69 Å². The summed E-state index contributed by atoms with van der Waals surface area (Å²) in [6.45, 7) is 4.28. The molecule has 0 unspecified atom stereocenters. The highest BCUT2D eigenvalue weighted by molar-refractivity contribution is 7.09. The number of hydrogen-bond donors (Lipinski definition) is 1. The molecule has 2 heterocycles. The fourth-order valence-corrected chi connectivity index (χ4v) is 2.79. The maximum atomic E-state index is 12.5. The molecule has 7 heteroatoms. The SMILES string of the molecule is CCOc1cc(C(=O)Nc2ccccc2-c2csc(C)n2)ncn1. The smallest absolute Gasteiger partial charge is 0.274 e. The number of hydrogen-bond acceptors (Lipinski definition) is 6. The van der Waals surface area contributed by atoms with E-state index in [0.717, 1.165) is 16.3 Å². The van der Waals surface area contributed by atoms with Crippen molar-refractivity contribution >= 4 is 22.9 Å². The number of aromatic nitrogens is 3. The van der Waals surface area contributed by atoms with Crippen molar-refractivity contribution in [2.75, 3.05) is 11.9 Å². The fraction of sp³-hybridized carbons (Fsp3) is 0.176. The number of thiazole rings is 1. The highest BCUT2D eigenvalue weighted by atomic mass is 32.1. The lowest BCUT2D eigenvalue weighted by atomic mass is 10.1. The minimum Gasteiger partial charge on any atom is -0.478 e. The van der Waals surface area contributed by atoms with Gasteiger partial charge in [-0.05, 0) is 19.9 Å². The van der Waals surface area contributed by atoms with Gasteiger partial charge in [-0.15, -0.1) is 11.3 Å². The molecule has 1 aromatic carbocycles. The number of nitrogens with zero attached hydrogens (tertiary/aromatic N) is 3. The van der Waals surface area contributed by atoms with Crippen molar-refractivity contribution in [1.82, 2.24) is 15.0 Å². The second kappa shape index (κ2) is 7.18. The van der Waals surface area contributed by atoms with Gasteiger partial charge in [-0.1, -0.05) is 18.2 Å². The van der Waals surface area contributed by atoms with E-state index in [2.05, 4.69) is 20.3 Å². The molecule has 24 heavy (non-hydrogen) atoms. The van der Waals surface area contributed by atoms with E-state index in [1.165, 1.54) is 12.4 Å². The van der Waals surface area contributed by atoms with Crippen LogP contribution in [0.2, 0.25) is 0 Å². The Kier molecular flexibility index (Phi) is 4.81. The summed E-state index contributed by atoms with van der Waals surface area (Å²) in [4.78, 5) is 24.9. The third kappa shape index (κ3) is 3.57. The van der Waals surface area contributed by atoms with Crippen molar-refractivity contribution in [2.24, 2.45) is 0 Å². The number of rotatable bonds is 5. The number of ether oxygens (including phenoxy) is 1. The molecule has 1 amide bonds. The predicted octanol–water partition coefficient (Wildman–Crippen LogP) is 3.56. The summed E-state index contributed by atoms with van der Waals surface area (Å²) < 4.78 is 5.30. The van der Waals surface area contributed by atoms with Crippen molar-refractivity contribution in [2.45, 2.75) is 13.8 Å². The average Bonchev–Trinajstić information content (AvgIpc) is 3.02. The van der Waals surface area contributed by atoms with E-state index in [9.17, 15) is 4.79 Å². The molecular formula is C17H16N4O2S. The highest BCUT2D eigenvalue weighted by Gasteiger charge is 2.13. The van der Waals surface area contributed by atoms with Crippen LogP contribution in [-0.2, 0) is 0 Å². The summed E-state index contributed by atoms with van der Waals surface area (Å²) >= 11 is 1.57. The molecule has 3 aromatic rings. The molecule has 0 spiro atoms. The molecule has 0 saturated heterocycles. The van der Waals surface area contributed by atoms with Gasteiger partial charge in [0.1, 0.15) is 12.0 Å². The van der Waals surface area contributed by atoms with Crippen LogP contribution < -0.4 is 10.1 Å². The number of carbonyl (C=O) groups excluding carboxylic acids is 1. The van der Waals surface area contributed by atoms with Crippen molar-refractivity contribution in [3.05, 3.63) is 52.7 Å². The first-order chi connectivity index (χ1) is 11.7. The molecule has 0 radical (unpaired) electrons. The van der Waals surface area contributed by atoms with Crippen LogP contribution in [0.5, 0.6) is 5.88 Å². The van der Waals surface area contributed by atoms with Gasteiger partial charge in [0.05, 0.1) is 23.0 Å². The number of carbonyl (C=O) groups is 1. The second-order valence-corrected chi connectivity index (χ2v) is 5.99. The Morgan fingerprint density at radius 2 is 2.12 bits per heavy atom. The molecular weight excluding hydrogens is 324 g/mol. The molecule has 3 rings (SSSR count). The number of anilines is 1. The normalized spacial score (nSPS) is 10.4. The Morgan fingerprint density at radius 3 is 2.88 bits per heavy atom. The molecule has 0 saturated carbocycles. The van der Waals surface area contributed by atoms with E-state index >= 15 is 0 Å². The topological polar surface area (TPSA) is 77.0 Å². The summed E-state index contributed by atoms with van der Waals surface area (Å²) in [6.07, 6.45) is 1.32. The highest BCUT2D eigenvalue weighted by Crippen LogP contribution is 2.29. The minimum atomic E-state index is -0.322. The summed E-state index contributed by atoms with van der Waals surface area (Å²) in [6, 6.07) is 9.07. The zero-order valence-electron chi connectivity index (χ0n) is 13.3. The standard InChI is InChI=1S/C17H16N4O2S/c1-3-23-16-8-14(18-10-19-16)17(22)21-13-7-5-4-6-12(13)15-9-24-11(2)20-15/h4-10H,3H2,1-2H3,(H,21,22). The third-order valence-electron chi connectivity index (χ3n) is 3.24. The van der Waals surface area contributed by atoms with Gasteiger partial charge in [0, 0.05) is 17.0 Å². The van der Waals surface area contributed by atoms with Gasteiger partial charge in [-0.3, -0.25) is 4.79 Å². The lowest BCUT2D eigenvalue weighted by Gasteiger charge is -2.09. The molecule has 0 aliphatic rings. The number of nitrogens with one attached hydrogen (secondary N) is 1. The largest absolute Gasteiger partial charge is 0.478 e. The van der Waals surface area contributed by atoms with Crippen LogP contribution >= 0.6 is 11.3 Å². The minimum absolute atomic E-state index is 0.248. The summed E-state index contributed by atoms with van der Waals surface area (Å²) in [5.74, 6) is 0.0545. The van der Waals surface area contributed by atoms with Crippen LogP contribution in [0.3, 0.4) is 0 Å². The lowest BCUT2D eigenvalue weighted by Crippen LogP contribution is -2.15. The first-order valence-electron chi connectivity index (χ1n) is 7.45. The molecule has 6 nitrogen and oxygen atoms in total. The molecule has 0 fully saturated rings. The first kappa shape index (κ1) is 16.1. The summed E-state index contributed by atoms with van der Waals surface area (Å²) in [5.41, 5.74) is 2.64. The molecule has 122 valence electrons. The third-order valence-corrected chi connectivity index (χ3v) is 4.01. The van der Waals surface area contributed by atoms with Gasteiger partial charge in [0.25, 0.3) is 5.91 Å². The van der Waals surface area contributed by atoms with Gasteiger partial charge in [0.2, 0.25) is 5.88 Å². The van der Waals surface area contributed by atoms with Crippen molar-refractivity contribution < 1.29 is 9.53 Å². The van der Waals surface area contributed by atoms with Gasteiger partial charge < -0.3 is 10.1 Å². The quantitative estimate of drug-likeness (QED) is 0.768. The van der Waals surface area contributed by atoms with Gasteiger partial charge >= 0.3 is 0 Å². The van der Waals surface area contributed by atoms with Crippen molar-refractivity contribution in [1.29, 1.82) is 0 Å². The van der Waals surface area contributed by atoms with E-state index in [1.807, 2.05) is 43.5 Å². The Balaban J connectivity index is 1.86. The molecule has 0 aliphatic carbocycles. The Bertz CT molecular complexity index is 863. The zero-order chi connectivity index (χ0) is 16.9. The van der Waals surface area contributed by atoms with Gasteiger partial charge in [0.15, 0.2) is 0 Å². The van der Waals surface area contributed by atoms with Crippen molar-refractivity contribution in [3.63, 3.8) is 0 Å².